The van der Waals surface area contributed by atoms with E-state index in [0.717, 1.165) is 5.56 Å². The van der Waals surface area contributed by atoms with Crippen molar-refractivity contribution < 1.29 is 24.2 Å². The van der Waals surface area contributed by atoms with Gasteiger partial charge in [-0.25, -0.2) is 9.97 Å². The van der Waals surface area contributed by atoms with Gasteiger partial charge in [-0.15, -0.1) is 0 Å². The summed E-state index contributed by atoms with van der Waals surface area (Å²) in [6, 6.07) is 3.10. The number of nitrogens with zero attached hydrogens (tertiary/aromatic N) is 3. The van der Waals surface area contributed by atoms with Gasteiger partial charge in [0.2, 0.25) is 0 Å². The fourth-order valence-corrected chi connectivity index (χ4v) is 2.61. The number of benzene rings is 1. The first kappa shape index (κ1) is 21.4. The highest BCUT2D eigenvalue weighted by molar-refractivity contribution is 6.32. The zero-order chi connectivity index (χ0) is 20.7. The summed E-state index contributed by atoms with van der Waals surface area (Å²) in [5.41, 5.74) is 1.37. The first-order valence-corrected chi connectivity index (χ1v) is 9.20. The minimum absolute atomic E-state index is 0.0399. The quantitative estimate of drug-likeness (QED) is 0.784. The van der Waals surface area contributed by atoms with E-state index in [2.05, 4.69) is 9.97 Å². The van der Waals surface area contributed by atoms with E-state index >= 15 is 0 Å². The second-order valence-electron chi connectivity index (χ2n) is 5.69. The highest BCUT2D eigenvalue weighted by atomic mass is 35.5. The molecular formula is C19H22ClN3O5. The second kappa shape index (κ2) is 9.89. The number of rotatable bonds is 6. The molecular weight excluding hydrogens is 386 g/mol. The summed E-state index contributed by atoms with van der Waals surface area (Å²) >= 11 is 6.25. The van der Waals surface area contributed by atoms with E-state index in [1.54, 1.807) is 18.5 Å². The van der Waals surface area contributed by atoms with Gasteiger partial charge in [-0.05, 0) is 18.6 Å². The normalized spacial score (nSPS) is 12.4. The molecule has 0 spiro atoms. The molecule has 2 heterocycles. The van der Waals surface area contributed by atoms with Crippen molar-refractivity contribution in [2.45, 2.75) is 33.8 Å². The number of carbonyl (C=O) groups is 2. The van der Waals surface area contributed by atoms with Gasteiger partial charge in [-0.2, -0.15) is 0 Å². The topological polar surface area (TPSA) is 102 Å². The number of aryl methyl sites for hydroxylation is 1. The third kappa shape index (κ3) is 5.32. The lowest BCUT2D eigenvalue weighted by Gasteiger charge is -2.29. The Balaban J connectivity index is 0.00000136. The maximum absolute atomic E-state index is 12.0. The average Bonchev–Trinajstić information content (AvgIpc) is 2.68. The smallest absolute Gasteiger partial charge is 0.305 e. The fourth-order valence-electron chi connectivity index (χ4n) is 2.40. The number of ether oxygens (including phenoxy) is 2. The van der Waals surface area contributed by atoms with Crippen LogP contribution in [0.25, 0.3) is 0 Å². The maximum atomic E-state index is 12.0. The Labute approximate surface area is 168 Å². The first-order chi connectivity index (χ1) is 13.4. The number of halogens is 1. The maximum Gasteiger partial charge on any atom is 0.305 e. The molecule has 0 atom stereocenters. The van der Waals surface area contributed by atoms with Crippen LogP contribution in [0.5, 0.6) is 11.5 Å². The largest absolute Gasteiger partial charge is 0.484 e. The van der Waals surface area contributed by atoms with Crippen molar-refractivity contribution in [1.29, 1.82) is 0 Å². The van der Waals surface area contributed by atoms with Crippen LogP contribution in [-0.4, -0.2) is 40.1 Å². The molecule has 3 rings (SSSR count). The number of carbonyl (C=O) groups excluding carboxylic acids is 1. The Kier molecular flexibility index (Phi) is 7.57. The fraction of sp³-hybridized carbons (Fsp3) is 0.368. The molecule has 28 heavy (non-hydrogen) atoms. The van der Waals surface area contributed by atoms with Gasteiger partial charge in [0.1, 0.15) is 18.1 Å². The number of hydrogen-bond donors (Lipinski definition) is 1. The van der Waals surface area contributed by atoms with E-state index in [1.165, 1.54) is 11.0 Å². The molecule has 0 saturated heterocycles. The standard InChI is InChI=1S/C17H16ClN3O5.C2H6/c1-10-6-19-15(20-7-10)8-25-13-5-14-12(4-11(13)18)21(3-2-17(23)24)16(22)9-26-14;1-2/h4-7H,2-3,8-9H2,1H3,(H,23,24);1-2H3. The lowest BCUT2D eigenvalue weighted by Crippen LogP contribution is -2.40. The van der Waals surface area contributed by atoms with Crippen LogP contribution in [0.1, 0.15) is 31.7 Å². The van der Waals surface area contributed by atoms with Gasteiger partial charge in [0.15, 0.2) is 12.4 Å². The number of aliphatic carboxylic acids is 1. The monoisotopic (exact) mass is 407 g/mol. The SMILES string of the molecule is CC.Cc1cnc(COc2cc3c(cc2Cl)N(CCC(=O)O)C(=O)CO3)nc1. The van der Waals surface area contributed by atoms with Crippen LogP contribution < -0.4 is 14.4 Å². The number of carboxylic acid groups (broad SMARTS) is 1. The van der Waals surface area contributed by atoms with Crippen molar-refractivity contribution in [3.05, 3.63) is 40.9 Å². The van der Waals surface area contributed by atoms with E-state index in [0.29, 0.717) is 23.0 Å². The molecule has 8 nitrogen and oxygen atoms in total. The van der Waals surface area contributed by atoms with Gasteiger partial charge < -0.3 is 19.5 Å². The van der Waals surface area contributed by atoms with Crippen LogP contribution in [0.3, 0.4) is 0 Å². The zero-order valence-electron chi connectivity index (χ0n) is 15.9. The van der Waals surface area contributed by atoms with Crippen molar-refractivity contribution in [1.82, 2.24) is 9.97 Å². The summed E-state index contributed by atoms with van der Waals surface area (Å²) in [7, 11) is 0. The van der Waals surface area contributed by atoms with Gasteiger partial charge in [0, 0.05) is 25.0 Å². The predicted molar refractivity (Wildman–Crippen MR) is 104 cm³/mol. The van der Waals surface area contributed by atoms with E-state index in [9.17, 15) is 9.59 Å². The molecule has 0 aliphatic carbocycles. The molecule has 2 aromatic rings. The molecule has 0 saturated carbocycles. The number of anilines is 1. The number of fused-ring (bicyclic) bond motifs is 1. The van der Waals surface area contributed by atoms with E-state index < -0.39 is 5.97 Å². The van der Waals surface area contributed by atoms with Gasteiger partial charge in [0.25, 0.3) is 5.91 Å². The summed E-state index contributed by atoms with van der Waals surface area (Å²) < 4.78 is 11.1. The molecule has 1 aromatic carbocycles. The van der Waals surface area contributed by atoms with Crippen molar-refractivity contribution in [3.63, 3.8) is 0 Å². The van der Waals surface area contributed by atoms with Crippen molar-refractivity contribution >= 4 is 29.2 Å². The van der Waals surface area contributed by atoms with Gasteiger partial charge in [-0.3, -0.25) is 9.59 Å². The Morgan fingerprint density at radius 3 is 2.64 bits per heavy atom. The van der Waals surface area contributed by atoms with Gasteiger partial charge >= 0.3 is 5.97 Å². The summed E-state index contributed by atoms with van der Waals surface area (Å²) in [5.74, 6) is -0.0450. The van der Waals surface area contributed by atoms with E-state index in [1.807, 2.05) is 20.8 Å². The van der Waals surface area contributed by atoms with Crippen molar-refractivity contribution in [2.24, 2.45) is 0 Å². The second-order valence-corrected chi connectivity index (χ2v) is 6.10. The van der Waals surface area contributed by atoms with Crippen LogP contribution in [0.2, 0.25) is 5.02 Å². The third-order valence-corrected chi connectivity index (χ3v) is 3.99. The van der Waals surface area contributed by atoms with Crippen molar-refractivity contribution in [2.75, 3.05) is 18.1 Å². The van der Waals surface area contributed by atoms with Crippen LogP contribution in [0.15, 0.2) is 24.5 Å². The Bertz CT molecular complexity index is 842. The summed E-state index contributed by atoms with van der Waals surface area (Å²) in [6.07, 6.45) is 3.20. The molecule has 0 bridgehead atoms. The van der Waals surface area contributed by atoms with E-state index in [-0.39, 0.29) is 37.1 Å². The molecule has 1 amide bonds. The minimum Gasteiger partial charge on any atom is -0.484 e. The van der Waals surface area contributed by atoms with Crippen LogP contribution in [0, 0.1) is 6.92 Å². The third-order valence-electron chi connectivity index (χ3n) is 3.70. The Morgan fingerprint density at radius 1 is 1.32 bits per heavy atom. The number of hydrogen-bond acceptors (Lipinski definition) is 6. The molecule has 1 aliphatic rings. The van der Waals surface area contributed by atoms with Gasteiger partial charge in [-0.1, -0.05) is 25.4 Å². The predicted octanol–water partition coefficient (Wildman–Crippen LogP) is 3.24. The molecule has 150 valence electrons. The Morgan fingerprint density at radius 2 is 2.00 bits per heavy atom. The molecule has 1 N–H and O–H groups in total. The van der Waals surface area contributed by atoms with Crippen LogP contribution in [-0.2, 0) is 16.2 Å². The lowest BCUT2D eigenvalue weighted by molar-refractivity contribution is -0.136. The molecule has 9 heteroatoms. The Hall–Kier alpha value is -2.87. The molecule has 1 aromatic heterocycles. The highest BCUT2D eigenvalue weighted by Gasteiger charge is 2.27. The van der Waals surface area contributed by atoms with Gasteiger partial charge in [0.05, 0.1) is 17.1 Å². The summed E-state index contributed by atoms with van der Waals surface area (Å²) in [6.45, 7) is 5.88. The van der Waals surface area contributed by atoms with E-state index in [4.69, 9.17) is 26.2 Å². The summed E-state index contributed by atoms with van der Waals surface area (Å²) in [5, 5.41) is 9.12. The van der Waals surface area contributed by atoms with Crippen LogP contribution in [0.4, 0.5) is 5.69 Å². The van der Waals surface area contributed by atoms with Crippen LogP contribution >= 0.6 is 11.6 Å². The number of carboxylic acids is 1. The minimum atomic E-state index is -0.991. The summed E-state index contributed by atoms with van der Waals surface area (Å²) in [4.78, 5) is 32.5. The number of aromatic nitrogens is 2. The highest BCUT2D eigenvalue weighted by Crippen LogP contribution is 2.40. The molecule has 0 fully saturated rings. The molecule has 1 aliphatic heterocycles. The molecule has 0 unspecified atom stereocenters. The lowest BCUT2D eigenvalue weighted by atomic mass is 10.2. The first-order valence-electron chi connectivity index (χ1n) is 8.83. The molecule has 0 radical (unpaired) electrons. The average molecular weight is 408 g/mol. The van der Waals surface area contributed by atoms with Crippen molar-refractivity contribution in [3.8, 4) is 11.5 Å². The zero-order valence-corrected chi connectivity index (χ0v) is 16.7. The number of amides is 1.